The molecule has 0 aliphatic heterocycles. The van der Waals surface area contributed by atoms with Gasteiger partial charge in [-0.05, 0) is 48.9 Å². The van der Waals surface area contributed by atoms with Crippen LogP contribution in [0, 0.1) is 6.92 Å². The summed E-state index contributed by atoms with van der Waals surface area (Å²) in [6.45, 7) is 2.23. The molecule has 1 aromatic heterocycles. The molecule has 2 aromatic carbocycles. The first-order valence-electron chi connectivity index (χ1n) is 7.95. The van der Waals surface area contributed by atoms with E-state index in [9.17, 15) is 4.79 Å². The van der Waals surface area contributed by atoms with Crippen molar-refractivity contribution in [3.8, 4) is 11.5 Å². The van der Waals surface area contributed by atoms with Crippen molar-refractivity contribution >= 4 is 11.7 Å². The molecule has 0 atom stereocenters. The third kappa shape index (κ3) is 4.35. The summed E-state index contributed by atoms with van der Waals surface area (Å²) in [4.78, 5) is 16.3. The number of para-hydroxylation sites is 1. The minimum atomic E-state index is -0.241. The topological polar surface area (TPSA) is 77.2 Å². The van der Waals surface area contributed by atoms with Crippen molar-refractivity contribution in [3.63, 3.8) is 0 Å². The van der Waals surface area contributed by atoms with Crippen LogP contribution in [-0.2, 0) is 6.54 Å². The number of carbonyl (C=O) groups is 1. The van der Waals surface area contributed by atoms with Gasteiger partial charge in [0.1, 0.15) is 17.3 Å². The predicted octanol–water partition coefficient (Wildman–Crippen LogP) is 3.69. The van der Waals surface area contributed by atoms with E-state index in [1.165, 1.54) is 0 Å². The molecule has 0 aliphatic carbocycles. The van der Waals surface area contributed by atoms with Gasteiger partial charge in [-0.2, -0.15) is 0 Å². The summed E-state index contributed by atoms with van der Waals surface area (Å²) in [5, 5.41) is 2.84. The molecule has 3 rings (SSSR count). The number of anilines is 1. The molecule has 0 saturated heterocycles. The molecule has 0 fully saturated rings. The van der Waals surface area contributed by atoms with Crippen molar-refractivity contribution < 1.29 is 9.53 Å². The van der Waals surface area contributed by atoms with E-state index in [2.05, 4.69) is 10.3 Å². The van der Waals surface area contributed by atoms with Crippen LogP contribution in [0.25, 0.3) is 0 Å². The Morgan fingerprint density at radius 2 is 1.68 bits per heavy atom. The van der Waals surface area contributed by atoms with Crippen LogP contribution < -0.4 is 15.8 Å². The van der Waals surface area contributed by atoms with Gasteiger partial charge >= 0.3 is 0 Å². The first-order valence-corrected chi connectivity index (χ1v) is 7.95. The predicted molar refractivity (Wildman–Crippen MR) is 97.5 cm³/mol. The molecule has 5 heteroatoms. The van der Waals surface area contributed by atoms with E-state index in [0.717, 1.165) is 22.8 Å². The summed E-state index contributed by atoms with van der Waals surface area (Å²) >= 11 is 0. The van der Waals surface area contributed by atoms with Gasteiger partial charge in [0.15, 0.2) is 0 Å². The van der Waals surface area contributed by atoms with Crippen LogP contribution in [0.5, 0.6) is 11.5 Å². The molecule has 126 valence electrons. The molecule has 0 unspecified atom stereocenters. The summed E-state index contributed by atoms with van der Waals surface area (Å²) in [5.74, 6) is 1.53. The Bertz CT molecular complexity index is 862. The van der Waals surface area contributed by atoms with Gasteiger partial charge in [0.2, 0.25) is 0 Å². The lowest BCUT2D eigenvalue weighted by molar-refractivity contribution is 0.0951. The minimum Gasteiger partial charge on any atom is -0.457 e. The zero-order valence-electron chi connectivity index (χ0n) is 13.9. The smallest absolute Gasteiger partial charge is 0.255 e. The number of nitrogens with zero attached hydrogens (tertiary/aromatic N) is 1. The molecule has 3 aromatic rings. The number of rotatable bonds is 5. The van der Waals surface area contributed by atoms with Gasteiger partial charge in [-0.3, -0.25) is 4.79 Å². The quantitative estimate of drug-likeness (QED) is 0.746. The molecule has 0 radical (unpaired) electrons. The van der Waals surface area contributed by atoms with Gasteiger partial charge in [-0.15, -0.1) is 0 Å². The average Bonchev–Trinajstić information content (AvgIpc) is 2.62. The Morgan fingerprint density at radius 1 is 1.00 bits per heavy atom. The molecular weight excluding hydrogens is 314 g/mol. The SMILES string of the molecule is Cc1ccc(C(=O)NCc2ccc(Oc3ccccc3)cc2)c(N)n1. The zero-order valence-corrected chi connectivity index (χ0v) is 13.9. The number of hydrogen-bond donors (Lipinski definition) is 2. The van der Waals surface area contributed by atoms with E-state index >= 15 is 0 Å². The number of aromatic nitrogens is 1. The highest BCUT2D eigenvalue weighted by molar-refractivity contribution is 5.98. The lowest BCUT2D eigenvalue weighted by Crippen LogP contribution is -2.24. The second-order valence-corrected chi connectivity index (χ2v) is 5.63. The minimum absolute atomic E-state index is 0.240. The van der Waals surface area contributed by atoms with E-state index in [1.54, 1.807) is 12.1 Å². The summed E-state index contributed by atoms with van der Waals surface area (Å²) in [5.41, 5.74) is 7.93. The fourth-order valence-electron chi connectivity index (χ4n) is 2.35. The van der Waals surface area contributed by atoms with Crippen LogP contribution in [-0.4, -0.2) is 10.9 Å². The maximum Gasteiger partial charge on any atom is 0.255 e. The van der Waals surface area contributed by atoms with Gasteiger partial charge in [-0.1, -0.05) is 30.3 Å². The van der Waals surface area contributed by atoms with Gasteiger partial charge in [0, 0.05) is 12.2 Å². The number of nitrogens with one attached hydrogen (secondary N) is 1. The number of benzene rings is 2. The Hall–Kier alpha value is -3.34. The molecular formula is C20H19N3O2. The van der Waals surface area contributed by atoms with Crippen LogP contribution in [0.3, 0.4) is 0 Å². The summed E-state index contributed by atoms with van der Waals surface area (Å²) in [6.07, 6.45) is 0. The van der Waals surface area contributed by atoms with Crippen molar-refractivity contribution in [1.82, 2.24) is 10.3 Å². The van der Waals surface area contributed by atoms with Crippen molar-refractivity contribution in [1.29, 1.82) is 0 Å². The molecule has 0 bridgehead atoms. The average molecular weight is 333 g/mol. The lowest BCUT2D eigenvalue weighted by Gasteiger charge is -2.09. The summed E-state index contributed by atoms with van der Waals surface area (Å²) in [6, 6.07) is 20.6. The fraction of sp³-hybridized carbons (Fsp3) is 0.100. The van der Waals surface area contributed by atoms with Crippen molar-refractivity contribution in [2.24, 2.45) is 0 Å². The van der Waals surface area contributed by atoms with Crippen LogP contribution in [0.4, 0.5) is 5.82 Å². The number of nitrogens with two attached hydrogens (primary N) is 1. The molecule has 5 nitrogen and oxygen atoms in total. The Morgan fingerprint density at radius 3 is 2.36 bits per heavy atom. The van der Waals surface area contributed by atoms with Gasteiger partial charge in [0.05, 0.1) is 5.56 Å². The third-order valence-electron chi connectivity index (χ3n) is 3.66. The highest BCUT2D eigenvalue weighted by Gasteiger charge is 2.10. The van der Waals surface area contributed by atoms with Crippen molar-refractivity contribution in [2.45, 2.75) is 13.5 Å². The first kappa shape index (κ1) is 16.5. The Kier molecular flexibility index (Phi) is 4.95. The monoisotopic (exact) mass is 333 g/mol. The maximum atomic E-state index is 12.2. The van der Waals surface area contributed by atoms with E-state index in [4.69, 9.17) is 10.5 Å². The van der Waals surface area contributed by atoms with Crippen LogP contribution >= 0.6 is 0 Å². The zero-order chi connectivity index (χ0) is 17.6. The summed E-state index contributed by atoms with van der Waals surface area (Å²) in [7, 11) is 0. The number of carbonyl (C=O) groups excluding carboxylic acids is 1. The number of aryl methyl sites for hydroxylation is 1. The number of hydrogen-bond acceptors (Lipinski definition) is 4. The van der Waals surface area contributed by atoms with E-state index in [1.807, 2.05) is 61.5 Å². The standard InChI is InChI=1S/C20H19N3O2/c1-14-7-12-18(19(21)23-14)20(24)22-13-15-8-10-17(11-9-15)25-16-5-3-2-4-6-16/h2-12H,13H2,1H3,(H2,21,23)(H,22,24). The molecule has 0 saturated carbocycles. The van der Waals surface area contributed by atoms with Crippen molar-refractivity contribution in [3.05, 3.63) is 83.6 Å². The number of amides is 1. The lowest BCUT2D eigenvalue weighted by atomic mass is 10.2. The van der Waals surface area contributed by atoms with Crippen LogP contribution in [0.2, 0.25) is 0 Å². The van der Waals surface area contributed by atoms with E-state index in [-0.39, 0.29) is 11.7 Å². The van der Waals surface area contributed by atoms with Crippen LogP contribution in [0.1, 0.15) is 21.6 Å². The molecule has 0 aliphatic rings. The van der Waals surface area contributed by atoms with E-state index in [0.29, 0.717) is 12.1 Å². The second kappa shape index (κ2) is 7.49. The second-order valence-electron chi connectivity index (χ2n) is 5.63. The molecule has 1 heterocycles. The normalized spacial score (nSPS) is 10.3. The Labute approximate surface area is 146 Å². The molecule has 0 spiro atoms. The largest absolute Gasteiger partial charge is 0.457 e. The van der Waals surface area contributed by atoms with Gasteiger partial charge in [0.25, 0.3) is 5.91 Å². The van der Waals surface area contributed by atoms with Gasteiger partial charge < -0.3 is 15.8 Å². The molecule has 25 heavy (non-hydrogen) atoms. The van der Waals surface area contributed by atoms with E-state index < -0.39 is 0 Å². The third-order valence-corrected chi connectivity index (χ3v) is 3.66. The highest BCUT2D eigenvalue weighted by Crippen LogP contribution is 2.21. The Balaban J connectivity index is 1.59. The fourth-order valence-corrected chi connectivity index (χ4v) is 2.35. The summed E-state index contributed by atoms with van der Waals surface area (Å²) < 4.78 is 5.74. The first-order chi connectivity index (χ1) is 12.1. The maximum absolute atomic E-state index is 12.2. The number of pyridine rings is 1. The number of ether oxygens (including phenoxy) is 1. The number of nitrogen functional groups attached to an aromatic ring is 1. The van der Waals surface area contributed by atoms with Gasteiger partial charge in [-0.25, -0.2) is 4.98 Å². The molecule has 1 amide bonds. The molecule has 3 N–H and O–H groups in total. The van der Waals surface area contributed by atoms with Crippen LogP contribution in [0.15, 0.2) is 66.7 Å². The highest BCUT2D eigenvalue weighted by atomic mass is 16.5. The van der Waals surface area contributed by atoms with Crippen molar-refractivity contribution in [2.75, 3.05) is 5.73 Å².